The number of nitrogens with one attached hydrogen (secondary N) is 1. The molecule has 0 aliphatic heterocycles. The first kappa shape index (κ1) is 16.7. The molecule has 1 saturated carbocycles. The summed E-state index contributed by atoms with van der Waals surface area (Å²) in [5.74, 6) is 0.917. The minimum atomic E-state index is 0.0271. The van der Waals surface area contributed by atoms with E-state index in [0.717, 1.165) is 29.4 Å². The van der Waals surface area contributed by atoms with Crippen LogP contribution < -0.4 is 5.32 Å². The largest absolute Gasteiger partial charge is 0.326 e. The number of para-hydroxylation sites is 1. The van der Waals surface area contributed by atoms with Crippen molar-refractivity contribution < 1.29 is 4.79 Å². The highest BCUT2D eigenvalue weighted by atomic mass is 16.1. The molecule has 3 rings (SSSR count). The van der Waals surface area contributed by atoms with Crippen molar-refractivity contribution in [2.75, 3.05) is 5.32 Å². The quantitative estimate of drug-likeness (QED) is 0.870. The molecule has 1 atom stereocenters. The molecule has 24 heavy (non-hydrogen) atoms. The molecule has 5 heteroatoms. The molecule has 1 aromatic carbocycles. The van der Waals surface area contributed by atoms with Crippen LogP contribution in [0.1, 0.15) is 62.9 Å². The van der Waals surface area contributed by atoms with Crippen LogP contribution in [0.25, 0.3) is 0 Å². The van der Waals surface area contributed by atoms with E-state index in [2.05, 4.69) is 41.1 Å². The third kappa shape index (κ3) is 3.50. The highest BCUT2D eigenvalue weighted by Gasteiger charge is 2.31. The minimum Gasteiger partial charge on any atom is -0.326 e. The van der Waals surface area contributed by atoms with Crippen LogP contribution in [-0.2, 0) is 4.79 Å². The van der Waals surface area contributed by atoms with E-state index in [9.17, 15) is 4.79 Å². The van der Waals surface area contributed by atoms with E-state index in [1.807, 2.05) is 30.3 Å². The standard InChI is InChI=1S/C19H26N4O/c1-4-15(12-18(24)20-16-8-6-5-7-9-16)19-14(3)23(22-21-19)17-10-13(2)11-17/h5-9,13,15,17H,4,10-12H2,1-3H3,(H,20,24)/t13?,15-,17?/m0/s1. The van der Waals surface area contributed by atoms with Gasteiger partial charge in [0.05, 0.1) is 17.4 Å². The van der Waals surface area contributed by atoms with E-state index in [0.29, 0.717) is 12.5 Å². The van der Waals surface area contributed by atoms with Crippen LogP contribution in [0.15, 0.2) is 30.3 Å². The fraction of sp³-hybridized carbons (Fsp3) is 0.526. The highest BCUT2D eigenvalue weighted by molar-refractivity contribution is 5.91. The maximum atomic E-state index is 12.4. The maximum absolute atomic E-state index is 12.4. The van der Waals surface area contributed by atoms with Crippen LogP contribution >= 0.6 is 0 Å². The Morgan fingerprint density at radius 2 is 2.04 bits per heavy atom. The van der Waals surface area contributed by atoms with Crippen molar-refractivity contribution in [1.29, 1.82) is 0 Å². The first-order valence-electron chi connectivity index (χ1n) is 8.85. The van der Waals surface area contributed by atoms with Crippen LogP contribution in [0.2, 0.25) is 0 Å². The summed E-state index contributed by atoms with van der Waals surface area (Å²) in [5, 5.41) is 11.7. The molecule has 0 radical (unpaired) electrons. The molecular formula is C19H26N4O. The maximum Gasteiger partial charge on any atom is 0.225 e. The van der Waals surface area contributed by atoms with Crippen molar-refractivity contribution in [3.05, 3.63) is 41.7 Å². The molecule has 1 aromatic heterocycles. The summed E-state index contributed by atoms with van der Waals surface area (Å²) in [6.07, 6.45) is 3.67. The fourth-order valence-corrected chi connectivity index (χ4v) is 3.53. The summed E-state index contributed by atoms with van der Waals surface area (Å²) >= 11 is 0. The Kier molecular flexibility index (Phi) is 4.97. The van der Waals surface area contributed by atoms with E-state index < -0.39 is 0 Å². The zero-order valence-corrected chi connectivity index (χ0v) is 14.7. The molecule has 0 bridgehead atoms. The predicted octanol–water partition coefficient (Wildman–Crippen LogP) is 4.08. The summed E-state index contributed by atoms with van der Waals surface area (Å²) in [6, 6.07) is 10.1. The van der Waals surface area contributed by atoms with Gasteiger partial charge in [0.2, 0.25) is 5.91 Å². The average molecular weight is 326 g/mol. The van der Waals surface area contributed by atoms with Crippen molar-refractivity contribution in [3.8, 4) is 0 Å². The third-order valence-corrected chi connectivity index (χ3v) is 5.03. The van der Waals surface area contributed by atoms with Crippen molar-refractivity contribution in [2.45, 2.75) is 58.4 Å². The lowest BCUT2D eigenvalue weighted by molar-refractivity contribution is -0.116. The lowest BCUT2D eigenvalue weighted by Gasteiger charge is -2.33. The van der Waals surface area contributed by atoms with Crippen LogP contribution in [0.5, 0.6) is 0 Å². The molecule has 1 aliphatic carbocycles. The number of benzene rings is 1. The molecule has 2 aromatic rings. The van der Waals surface area contributed by atoms with Gasteiger partial charge in [-0.3, -0.25) is 4.79 Å². The highest BCUT2D eigenvalue weighted by Crippen LogP contribution is 2.38. The lowest BCUT2D eigenvalue weighted by Crippen LogP contribution is -2.26. The molecule has 0 spiro atoms. The van der Waals surface area contributed by atoms with Gasteiger partial charge in [-0.05, 0) is 44.2 Å². The second-order valence-corrected chi connectivity index (χ2v) is 6.96. The van der Waals surface area contributed by atoms with Crippen LogP contribution in [0.3, 0.4) is 0 Å². The molecular weight excluding hydrogens is 300 g/mol. The van der Waals surface area contributed by atoms with E-state index in [-0.39, 0.29) is 11.8 Å². The topological polar surface area (TPSA) is 59.8 Å². The molecule has 1 fully saturated rings. The van der Waals surface area contributed by atoms with Gasteiger partial charge in [-0.2, -0.15) is 0 Å². The first-order chi connectivity index (χ1) is 11.6. The number of carbonyl (C=O) groups excluding carboxylic acids is 1. The molecule has 1 aliphatic rings. The summed E-state index contributed by atoms with van der Waals surface area (Å²) < 4.78 is 2.06. The number of aromatic nitrogens is 3. The van der Waals surface area contributed by atoms with Crippen molar-refractivity contribution in [2.24, 2.45) is 5.92 Å². The Hall–Kier alpha value is -2.17. The van der Waals surface area contributed by atoms with E-state index >= 15 is 0 Å². The molecule has 5 nitrogen and oxygen atoms in total. The van der Waals surface area contributed by atoms with Gasteiger partial charge < -0.3 is 5.32 Å². The number of rotatable bonds is 6. The summed E-state index contributed by atoms with van der Waals surface area (Å²) in [5.41, 5.74) is 2.92. The minimum absolute atomic E-state index is 0.0271. The zero-order valence-electron chi connectivity index (χ0n) is 14.7. The van der Waals surface area contributed by atoms with Crippen molar-refractivity contribution in [3.63, 3.8) is 0 Å². The molecule has 0 unspecified atom stereocenters. The molecule has 1 N–H and O–H groups in total. The van der Waals surface area contributed by atoms with Gasteiger partial charge in [0.25, 0.3) is 0 Å². The second kappa shape index (κ2) is 7.16. The Labute approximate surface area is 143 Å². The van der Waals surface area contributed by atoms with Gasteiger partial charge >= 0.3 is 0 Å². The van der Waals surface area contributed by atoms with Gasteiger partial charge in [-0.25, -0.2) is 4.68 Å². The van der Waals surface area contributed by atoms with Gasteiger partial charge in [0.15, 0.2) is 0 Å². The van der Waals surface area contributed by atoms with Crippen LogP contribution in [0, 0.1) is 12.8 Å². The van der Waals surface area contributed by atoms with Crippen molar-refractivity contribution >= 4 is 11.6 Å². The second-order valence-electron chi connectivity index (χ2n) is 6.96. The van der Waals surface area contributed by atoms with Crippen LogP contribution in [0.4, 0.5) is 5.69 Å². The SMILES string of the molecule is CC[C@@H](CC(=O)Nc1ccccc1)c1nnn(C2CC(C)C2)c1C. The van der Waals surface area contributed by atoms with Gasteiger partial charge in [0.1, 0.15) is 0 Å². The number of anilines is 1. The van der Waals surface area contributed by atoms with Crippen LogP contribution in [-0.4, -0.2) is 20.9 Å². The van der Waals surface area contributed by atoms with E-state index in [1.165, 1.54) is 12.8 Å². The third-order valence-electron chi connectivity index (χ3n) is 5.03. The summed E-state index contributed by atoms with van der Waals surface area (Å²) in [6.45, 7) is 6.45. The normalized spacial score (nSPS) is 21.1. The monoisotopic (exact) mass is 326 g/mol. The van der Waals surface area contributed by atoms with Gasteiger partial charge in [0, 0.05) is 18.0 Å². The lowest BCUT2D eigenvalue weighted by atomic mass is 9.82. The summed E-state index contributed by atoms with van der Waals surface area (Å²) in [4.78, 5) is 12.4. The molecule has 128 valence electrons. The van der Waals surface area contributed by atoms with E-state index in [1.54, 1.807) is 0 Å². The Morgan fingerprint density at radius 1 is 1.33 bits per heavy atom. The smallest absolute Gasteiger partial charge is 0.225 e. The van der Waals surface area contributed by atoms with Crippen molar-refractivity contribution in [1.82, 2.24) is 15.0 Å². The average Bonchev–Trinajstić information content (AvgIpc) is 2.92. The molecule has 1 amide bonds. The summed E-state index contributed by atoms with van der Waals surface area (Å²) in [7, 11) is 0. The Bertz CT molecular complexity index is 689. The Morgan fingerprint density at radius 3 is 2.67 bits per heavy atom. The fourth-order valence-electron chi connectivity index (χ4n) is 3.53. The predicted molar refractivity (Wildman–Crippen MR) is 94.9 cm³/mol. The van der Waals surface area contributed by atoms with E-state index in [4.69, 9.17) is 0 Å². The number of carbonyl (C=O) groups is 1. The number of hydrogen-bond donors (Lipinski definition) is 1. The zero-order chi connectivity index (χ0) is 17.1. The van der Waals surface area contributed by atoms with Gasteiger partial charge in [-0.15, -0.1) is 5.10 Å². The number of hydrogen-bond acceptors (Lipinski definition) is 3. The molecule has 0 saturated heterocycles. The first-order valence-corrected chi connectivity index (χ1v) is 8.85. The molecule has 1 heterocycles. The number of amides is 1. The number of nitrogens with zero attached hydrogens (tertiary/aromatic N) is 3. The van der Waals surface area contributed by atoms with Gasteiger partial charge in [-0.1, -0.05) is 37.3 Å². The Balaban J connectivity index is 1.67.